The Kier molecular flexibility index (Phi) is 6.39. The summed E-state index contributed by atoms with van der Waals surface area (Å²) >= 11 is 0. The second kappa shape index (κ2) is 9.56. The Balaban J connectivity index is 1.35. The molecule has 1 fully saturated rings. The Morgan fingerprint density at radius 3 is 2.61 bits per heavy atom. The first-order valence-electron chi connectivity index (χ1n) is 10.5. The molecule has 170 valence electrons. The molecule has 9 nitrogen and oxygen atoms in total. The highest BCUT2D eigenvalue weighted by molar-refractivity contribution is 6.01. The molecule has 0 bridgehead atoms. The number of benzene rings is 2. The quantitative estimate of drug-likeness (QED) is 0.558. The van der Waals surface area contributed by atoms with Gasteiger partial charge in [-0.15, -0.1) is 0 Å². The van der Waals surface area contributed by atoms with Crippen molar-refractivity contribution >= 4 is 29.3 Å². The van der Waals surface area contributed by atoms with Crippen LogP contribution in [0.3, 0.4) is 0 Å². The minimum Gasteiger partial charge on any atom is -0.495 e. The predicted octanol–water partition coefficient (Wildman–Crippen LogP) is 2.72. The second-order valence-corrected chi connectivity index (χ2v) is 7.65. The number of rotatable bonds is 7. The van der Waals surface area contributed by atoms with Crippen LogP contribution >= 0.6 is 0 Å². The number of methoxy groups -OCH3 is 1. The number of nitrogens with one attached hydrogen (secondary N) is 1. The number of hydrogen-bond donors (Lipinski definition) is 1. The number of para-hydroxylation sites is 3. The highest BCUT2D eigenvalue weighted by Crippen LogP contribution is 2.33. The largest absolute Gasteiger partial charge is 0.495 e. The van der Waals surface area contributed by atoms with Gasteiger partial charge in [0, 0.05) is 19.0 Å². The summed E-state index contributed by atoms with van der Waals surface area (Å²) in [4.78, 5) is 39.0. The molecule has 2 aromatic carbocycles. The van der Waals surface area contributed by atoms with Gasteiger partial charge in [0.1, 0.15) is 11.6 Å². The van der Waals surface area contributed by atoms with E-state index in [-0.39, 0.29) is 18.9 Å². The fraction of sp³-hybridized carbons (Fsp3) is 0.250. The average molecular weight is 448 g/mol. The molecule has 2 heterocycles. The van der Waals surface area contributed by atoms with Crippen molar-refractivity contribution in [1.29, 1.82) is 0 Å². The maximum absolute atomic E-state index is 12.5. The van der Waals surface area contributed by atoms with Crippen molar-refractivity contribution in [2.45, 2.75) is 13.3 Å². The topological polar surface area (TPSA) is 103 Å². The lowest BCUT2D eigenvalue weighted by Crippen LogP contribution is -2.28. The number of carbonyl (C=O) groups is 3. The minimum atomic E-state index is -0.660. The molecule has 0 spiro atoms. The molecule has 0 radical (unpaired) electrons. The van der Waals surface area contributed by atoms with E-state index in [1.165, 1.54) is 12.0 Å². The van der Waals surface area contributed by atoms with Gasteiger partial charge in [-0.2, -0.15) is 5.10 Å². The van der Waals surface area contributed by atoms with Crippen LogP contribution in [0.1, 0.15) is 12.1 Å². The van der Waals surface area contributed by atoms with E-state index in [1.54, 1.807) is 35.0 Å². The van der Waals surface area contributed by atoms with Crippen LogP contribution in [0.25, 0.3) is 5.69 Å². The lowest BCUT2D eigenvalue weighted by atomic mass is 10.1. The Morgan fingerprint density at radius 2 is 1.85 bits per heavy atom. The molecular weight excluding hydrogens is 424 g/mol. The van der Waals surface area contributed by atoms with E-state index >= 15 is 0 Å². The molecule has 2 amide bonds. The molecule has 3 aromatic rings. The minimum absolute atomic E-state index is 0.0124. The first-order chi connectivity index (χ1) is 16.0. The molecule has 1 saturated heterocycles. The van der Waals surface area contributed by atoms with E-state index in [9.17, 15) is 14.4 Å². The summed E-state index contributed by atoms with van der Waals surface area (Å²) in [5.74, 6) is -0.932. The monoisotopic (exact) mass is 448 g/mol. The smallest absolute Gasteiger partial charge is 0.311 e. The first-order valence-corrected chi connectivity index (χ1v) is 10.5. The van der Waals surface area contributed by atoms with Crippen molar-refractivity contribution in [2.24, 2.45) is 5.92 Å². The fourth-order valence-electron chi connectivity index (χ4n) is 3.74. The van der Waals surface area contributed by atoms with Crippen LogP contribution in [0.2, 0.25) is 0 Å². The van der Waals surface area contributed by atoms with Gasteiger partial charge in [-0.25, -0.2) is 4.68 Å². The molecular formula is C24H24N4O5. The number of carbonyl (C=O) groups excluding carboxylic acids is 3. The van der Waals surface area contributed by atoms with Gasteiger partial charge in [0.2, 0.25) is 5.91 Å². The molecule has 1 aliphatic rings. The molecule has 4 rings (SSSR count). The standard InChI is InChI=1S/C24H24N4O5/c1-16-12-21(28(26-16)18-8-4-3-5-9-18)25-22(29)15-33-24(31)17-13-23(30)27(14-17)19-10-6-7-11-20(19)32-2/h3-12,17H,13-15H2,1-2H3,(H,25,29)/t17-/m1/s1. The van der Waals surface area contributed by atoms with Crippen LogP contribution < -0.4 is 15.0 Å². The zero-order chi connectivity index (χ0) is 23.4. The van der Waals surface area contributed by atoms with E-state index < -0.39 is 24.4 Å². The van der Waals surface area contributed by atoms with Crippen molar-refractivity contribution in [3.8, 4) is 11.4 Å². The van der Waals surface area contributed by atoms with Crippen LogP contribution in [0.5, 0.6) is 5.75 Å². The number of nitrogens with zero attached hydrogens (tertiary/aromatic N) is 3. The zero-order valence-electron chi connectivity index (χ0n) is 18.4. The van der Waals surface area contributed by atoms with Crippen molar-refractivity contribution in [3.05, 3.63) is 66.4 Å². The zero-order valence-corrected chi connectivity index (χ0v) is 18.4. The van der Waals surface area contributed by atoms with Crippen molar-refractivity contribution < 1.29 is 23.9 Å². The highest BCUT2D eigenvalue weighted by atomic mass is 16.5. The maximum Gasteiger partial charge on any atom is 0.311 e. The van der Waals surface area contributed by atoms with Gasteiger partial charge in [-0.3, -0.25) is 14.4 Å². The number of ether oxygens (including phenoxy) is 2. The van der Waals surface area contributed by atoms with Gasteiger partial charge in [-0.05, 0) is 31.2 Å². The highest BCUT2D eigenvalue weighted by Gasteiger charge is 2.37. The van der Waals surface area contributed by atoms with Crippen LogP contribution in [0.15, 0.2) is 60.7 Å². The van der Waals surface area contributed by atoms with Gasteiger partial charge in [-0.1, -0.05) is 30.3 Å². The Hall–Kier alpha value is -4.14. The van der Waals surface area contributed by atoms with Crippen molar-refractivity contribution in [3.63, 3.8) is 0 Å². The Bertz CT molecular complexity index is 1170. The maximum atomic E-state index is 12.5. The molecule has 33 heavy (non-hydrogen) atoms. The summed E-state index contributed by atoms with van der Waals surface area (Å²) in [6.45, 7) is 1.52. The number of hydrogen-bond acceptors (Lipinski definition) is 6. The summed E-state index contributed by atoms with van der Waals surface area (Å²) in [6.07, 6.45) is 0.0124. The molecule has 0 aliphatic carbocycles. The summed E-state index contributed by atoms with van der Waals surface area (Å²) in [5.41, 5.74) is 2.12. The fourth-order valence-corrected chi connectivity index (χ4v) is 3.74. The molecule has 1 N–H and O–H groups in total. The number of aryl methyl sites for hydroxylation is 1. The van der Waals surface area contributed by atoms with E-state index in [1.807, 2.05) is 37.3 Å². The van der Waals surface area contributed by atoms with Crippen LogP contribution in [0, 0.1) is 12.8 Å². The molecule has 0 unspecified atom stereocenters. The van der Waals surface area contributed by atoms with Gasteiger partial charge in [0.15, 0.2) is 6.61 Å². The lowest BCUT2D eigenvalue weighted by Gasteiger charge is -2.19. The second-order valence-electron chi connectivity index (χ2n) is 7.65. The predicted molar refractivity (Wildman–Crippen MR) is 121 cm³/mol. The number of anilines is 2. The van der Waals surface area contributed by atoms with E-state index in [2.05, 4.69) is 10.4 Å². The van der Waals surface area contributed by atoms with Gasteiger partial charge in [0.05, 0.1) is 30.1 Å². The third kappa shape index (κ3) is 4.87. The van der Waals surface area contributed by atoms with Gasteiger partial charge >= 0.3 is 5.97 Å². The Morgan fingerprint density at radius 1 is 1.12 bits per heavy atom. The van der Waals surface area contributed by atoms with E-state index in [4.69, 9.17) is 9.47 Å². The van der Waals surface area contributed by atoms with Crippen molar-refractivity contribution in [2.75, 3.05) is 30.5 Å². The van der Waals surface area contributed by atoms with Crippen molar-refractivity contribution in [1.82, 2.24) is 9.78 Å². The first kappa shape index (κ1) is 22.1. The number of aromatic nitrogens is 2. The van der Waals surface area contributed by atoms with E-state index in [0.29, 0.717) is 17.3 Å². The molecule has 1 aromatic heterocycles. The molecule has 1 atom stereocenters. The summed E-state index contributed by atoms with van der Waals surface area (Å²) < 4.78 is 12.1. The van der Waals surface area contributed by atoms with Crippen LogP contribution in [-0.2, 0) is 19.1 Å². The van der Waals surface area contributed by atoms with E-state index in [0.717, 1.165) is 11.4 Å². The number of amides is 2. The van der Waals surface area contributed by atoms with Crippen LogP contribution in [-0.4, -0.2) is 47.8 Å². The third-order valence-corrected chi connectivity index (χ3v) is 5.28. The summed E-state index contributed by atoms with van der Waals surface area (Å²) in [5, 5.41) is 7.12. The van der Waals surface area contributed by atoms with Gasteiger partial charge < -0.3 is 19.7 Å². The summed E-state index contributed by atoms with van der Waals surface area (Å²) in [6, 6.07) is 18.2. The Labute approximate surface area is 190 Å². The van der Waals surface area contributed by atoms with Crippen LogP contribution in [0.4, 0.5) is 11.5 Å². The molecule has 9 heteroatoms. The normalized spacial score (nSPS) is 15.4. The molecule has 1 aliphatic heterocycles. The molecule has 0 saturated carbocycles. The van der Waals surface area contributed by atoms with Gasteiger partial charge in [0.25, 0.3) is 5.91 Å². The third-order valence-electron chi connectivity index (χ3n) is 5.28. The average Bonchev–Trinajstić information content (AvgIpc) is 3.40. The number of esters is 1. The SMILES string of the molecule is COc1ccccc1N1C[C@H](C(=O)OCC(=O)Nc2cc(C)nn2-c2ccccc2)CC1=O. The summed E-state index contributed by atoms with van der Waals surface area (Å²) in [7, 11) is 1.52. The lowest BCUT2D eigenvalue weighted by molar-refractivity contribution is -0.151.